The van der Waals surface area contributed by atoms with Crippen LogP contribution in [0.15, 0.2) is 101 Å². The van der Waals surface area contributed by atoms with Gasteiger partial charge in [-0.15, -0.1) is 0 Å². The van der Waals surface area contributed by atoms with Crippen LogP contribution >= 0.6 is 0 Å². The van der Waals surface area contributed by atoms with E-state index in [0.29, 0.717) is 0 Å². The molecular formula is C34H31N7O. The van der Waals surface area contributed by atoms with Gasteiger partial charge >= 0.3 is 0 Å². The van der Waals surface area contributed by atoms with Crippen LogP contribution in [0.4, 0.5) is 0 Å². The number of fused-ring (bicyclic) bond motifs is 6. The van der Waals surface area contributed by atoms with Crippen molar-refractivity contribution in [2.24, 2.45) is 21.3 Å². The third-order valence-corrected chi connectivity index (χ3v) is 8.92. The summed E-state index contributed by atoms with van der Waals surface area (Å²) in [4.78, 5) is 32.3. The molecule has 5 aliphatic rings. The van der Waals surface area contributed by atoms with Crippen molar-refractivity contribution in [2.75, 3.05) is 0 Å². The molecule has 4 aliphatic heterocycles. The van der Waals surface area contributed by atoms with Gasteiger partial charge in [-0.3, -0.25) is 9.78 Å². The second-order valence-corrected chi connectivity index (χ2v) is 12.4. The average molecular weight is 554 g/mol. The maximum atomic E-state index is 14.4. The van der Waals surface area contributed by atoms with Gasteiger partial charge in [0.15, 0.2) is 11.4 Å². The van der Waals surface area contributed by atoms with E-state index in [9.17, 15) is 4.79 Å². The minimum absolute atomic E-state index is 0.163. The summed E-state index contributed by atoms with van der Waals surface area (Å²) in [6.45, 7) is 6.00. The number of H-pyrrole nitrogens is 1. The summed E-state index contributed by atoms with van der Waals surface area (Å²) < 4.78 is 1.88. The topological polar surface area (TPSA) is 100 Å². The number of nitrogens with one attached hydrogen (secondary N) is 2. The predicted molar refractivity (Wildman–Crippen MR) is 164 cm³/mol. The van der Waals surface area contributed by atoms with Gasteiger partial charge in [-0.05, 0) is 118 Å². The van der Waals surface area contributed by atoms with Crippen molar-refractivity contribution in [1.29, 1.82) is 0 Å². The lowest BCUT2D eigenvalue weighted by atomic mass is 9.77. The maximum Gasteiger partial charge on any atom is 0.192 e. The average Bonchev–Trinajstić information content (AvgIpc) is 3.33. The van der Waals surface area contributed by atoms with Crippen molar-refractivity contribution in [2.45, 2.75) is 44.8 Å². The number of hydrogen-bond acceptors (Lipinski definition) is 6. The minimum atomic E-state index is -0.962. The van der Waals surface area contributed by atoms with E-state index in [4.69, 9.17) is 15.1 Å². The lowest BCUT2D eigenvalue weighted by Gasteiger charge is -2.26. The number of aryl methyl sites for hydroxylation is 1. The van der Waals surface area contributed by atoms with Crippen LogP contribution in [0.25, 0.3) is 23.3 Å². The van der Waals surface area contributed by atoms with Gasteiger partial charge in [0.25, 0.3) is 0 Å². The zero-order valence-corrected chi connectivity index (χ0v) is 23.8. The zero-order chi connectivity index (χ0) is 28.7. The largest absolute Gasteiger partial charge is 0.372 e. The van der Waals surface area contributed by atoms with Crippen molar-refractivity contribution < 1.29 is 4.79 Å². The number of aliphatic imine (C=N–C) groups is 2. The molecule has 8 rings (SSSR count). The summed E-state index contributed by atoms with van der Waals surface area (Å²) in [6.07, 6.45) is 23.9. The standard InChI is InChI=1S/C34H31N7O/c1-21-14-22(11-13-35-21)23-19-36-41(20-23)33-12-10-28(39-33)16-27-7-6-25(37-27)15-26-8-9-29(38-26)17-34(24-4-5-24)31(42)32(2,3)30(18-33)40-34/h6-20,24,37,40H,4-5H2,1-3H3. The molecule has 3 aromatic heterocycles. The molecule has 3 aromatic rings. The lowest BCUT2D eigenvalue weighted by Crippen LogP contribution is -2.47. The summed E-state index contributed by atoms with van der Waals surface area (Å²) in [7, 11) is 0. The first kappa shape index (κ1) is 24.9. The van der Waals surface area contributed by atoms with Crippen molar-refractivity contribution in [3.8, 4) is 11.1 Å². The van der Waals surface area contributed by atoms with E-state index in [1.54, 1.807) is 0 Å². The first-order valence-corrected chi connectivity index (χ1v) is 14.4. The number of carbonyl (C=O) groups is 1. The van der Waals surface area contributed by atoms with Crippen molar-refractivity contribution in [3.63, 3.8) is 0 Å². The van der Waals surface area contributed by atoms with Crippen LogP contribution in [0.5, 0.6) is 0 Å². The molecule has 0 amide bonds. The Bertz CT molecular complexity index is 1990. The quantitative estimate of drug-likeness (QED) is 0.517. The molecule has 0 radical (unpaired) electrons. The zero-order valence-electron chi connectivity index (χ0n) is 23.8. The molecule has 2 unspecified atom stereocenters. The number of aromatic amines is 1. The molecule has 42 heavy (non-hydrogen) atoms. The highest BCUT2D eigenvalue weighted by molar-refractivity contribution is 6.20. The van der Waals surface area contributed by atoms with Crippen molar-refractivity contribution in [3.05, 3.63) is 107 Å². The first-order valence-electron chi connectivity index (χ1n) is 14.4. The highest BCUT2D eigenvalue weighted by atomic mass is 16.1. The van der Waals surface area contributed by atoms with Gasteiger partial charge in [0.1, 0.15) is 5.54 Å². The molecule has 0 aromatic carbocycles. The Hall–Kier alpha value is -4.85. The van der Waals surface area contributed by atoms with E-state index in [0.717, 1.165) is 63.2 Å². The van der Waals surface area contributed by atoms with Gasteiger partial charge in [-0.25, -0.2) is 14.7 Å². The Balaban J connectivity index is 1.35. The first-order chi connectivity index (χ1) is 20.2. The Morgan fingerprint density at radius 3 is 2.57 bits per heavy atom. The summed E-state index contributed by atoms with van der Waals surface area (Å²) in [5, 5.41) is 10.5. The number of aromatic nitrogens is 4. The molecule has 2 atom stereocenters. The highest BCUT2D eigenvalue weighted by Crippen LogP contribution is 2.52. The van der Waals surface area contributed by atoms with Crippen LogP contribution in [-0.4, -0.2) is 42.5 Å². The number of allylic oxidation sites excluding steroid dienone is 4. The number of rotatable bonds is 3. The summed E-state index contributed by atoms with van der Waals surface area (Å²) in [5.74, 6) is 0.384. The number of Topliss-reactive ketones (excluding diaryl/α,β-unsaturated/α-hetero) is 1. The molecule has 2 N–H and O–H groups in total. The van der Waals surface area contributed by atoms with E-state index in [1.807, 2.05) is 98.7 Å². The summed E-state index contributed by atoms with van der Waals surface area (Å²) in [5.41, 5.74) is 3.71. The second-order valence-electron chi connectivity index (χ2n) is 12.4. The van der Waals surface area contributed by atoms with E-state index >= 15 is 0 Å². The SMILES string of the molecule is Cc1cc(-c2cnn(C34C=CC(=N3)C=c3ccc([nH]3)=CC3=NC(=CC5(C6CC6)NC(=C4)C(C)(C)C5=O)C=C3)c2)ccn1. The van der Waals surface area contributed by atoms with E-state index < -0.39 is 16.6 Å². The van der Waals surface area contributed by atoms with Gasteiger partial charge < -0.3 is 10.3 Å². The third-order valence-electron chi connectivity index (χ3n) is 8.92. The van der Waals surface area contributed by atoms with Crippen LogP contribution in [0.3, 0.4) is 0 Å². The molecule has 208 valence electrons. The molecule has 8 bridgehead atoms. The van der Waals surface area contributed by atoms with Crippen LogP contribution in [0.1, 0.15) is 32.4 Å². The molecular weight excluding hydrogens is 522 g/mol. The van der Waals surface area contributed by atoms with Gasteiger partial charge in [0.2, 0.25) is 0 Å². The lowest BCUT2D eigenvalue weighted by molar-refractivity contribution is -0.127. The number of carbonyl (C=O) groups excluding carboxylic acids is 1. The Morgan fingerprint density at radius 1 is 0.976 bits per heavy atom. The number of ketones is 1. The van der Waals surface area contributed by atoms with E-state index in [-0.39, 0.29) is 11.7 Å². The fourth-order valence-electron chi connectivity index (χ4n) is 6.49. The Morgan fingerprint density at radius 2 is 1.79 bits per heavy atom. The molecule has 1 aliphatic carbocycles. The van der Waals surface area contributed by atoms with Crippen molar-refractivity contribution >= 4 is 29.4 Å². The molecule has 8 heteroatoms. The Labute approximate surface area is 243 Å². The number of hydrogen-bond donors (Lipinski definition) is 2. The van der Waals surface area contributed by atoms with Gasteiger partial charge in [0.05, 0.1) is 28.7 Å². The molecule has 8 nitrogen and oxygen atoms in total. The van der Waals surface area contributed by atoms with Gasteiger partial charge in [-0.1, -0.05) is 0 Å². The van der Waals surface area contributed by atoms with Crippen LogP contribution in [0, 0.1) is 18.3 Å². The van der Waals surface area contributed by atoms with Gasteiger partial charge in [-0.2, -0.15) is 5.10 Å². The molecule has 2 fully saturated rings. The maximum absolute atomic E-state index is 14.4. The van der Waals surface area contributed by atoms with E-state index in [2.05, 4.69) is 33.5 Å². The van der Waals surface area contributed by atoms with Gasteiger partial charge in [0, 0.05) is 40.0 Å². The van der Waals surface area contributed by atoms with Crippen molar-refractivity contribution in [1.82, 2.24) is 25.1 Å². The summed E-state index contributed by atoms with van der Waals surface area (Å²) in [6, 6.07) is 8.11. The number of nitrogens with zero attached hydrogens (tertiary/aromatic N) is 5. The molecule has 1 saturated carbocycles. The predicted octanol–water partition coefficient (Wildman–Crippen LogP) is 3.65. The monoisotopic (exact) mass is 553 g/mol. The smallest absolute Gasteiger partial charge is 0.192 e. The molecule has 1 saturated heterocycles. The third kappa shape index (κ3) is 3.85. The fourth-order valence-corrected chi connectivity index (χ4v) is 6.49. The summed E-state index contributed by atoms with van der Waals surface area (Å²) >= 11 is 0. The van der Waals surface area contributed by atoms with Crippen LogP contribution in [0.2, 0.25) is 0 Å². The molecule has 0 spiro atoms. The Kier molecular flexibility index (Phi) is 5.09. The molecule has 7 heterocycles. The second kappa shape index (κ2) is 8.58. The van der Waals surface area contributed by atoms with Crippen LogP contribution in [-0.2, 0) is 10.5 Å². The number of pyridine rings is 1. The van der Waals surface area contributed by atoms with E-state index in [1.165, 1.54) is 0 Å². The van der Waals surface area contributed by atoms with Crippen LogP contribution < -0.4 is 16.0 Å². The fraction of sp³-hybridized carbons (Fsp3) is 0.265. The highest BCUT2D eigenvalue weighted by Gasteiger charge is 2.60. The minimum Gasteiger partial charge on any atom is -0.372 e. The normalized spacial score (nSPS) is 27.1.